The Kier molecular flexibility index (Phi) is 5.33. The zero-order valence-corrected chi connectivity index (χ0v) is 14.6. The first-order valence-electron chi connectivity index (χ1n) is 7.56. The summed E-state index contributed by atoms with van der Waals surface area (Å²) in [6, 6.07) is 3.70. The summed E-state index contributed by atoms with van der Waals surface area (Å²) in [6.07, 6.45) is 3.06. The SMILES string of the molecule is CCC1CCN(S(=O)(=O)c2cc(CCl)cc(C)c2C)CC1. The van der Waals surface area contributed by atoms with Gasteiger partial charge >= 0.3 is 0 Å². The first-order chi connectivity index (χ1) is 9.90. The van der Waals surface area contributed by atoms with Crippen LogP contribution in [0.5, 0.6) is 0 Å². The van der Waals surface area contributed by atoms with Crippen molar-refractivity contribution in [3.05, 3.63) is 28.8 Å². The number of alkyl halides is 1. The van der Waals surface area contributed by atoms with Gasteiger partial charge in [0.05, 0.1) is 4.90 Å². The van der Waals surface area contributed by atoms with Crippen LogP contribution in [-0.2, 0) is 15.9 Å². The van der Waals surface area contributed by atoms with Crippen molar-refractivity contribution < 1.29 is 8.42 Å². The first-order valence-corrected chi connectivity index (χ1v) is 9.53. The molecule has 1 aliphatic rings. The fourth-order valence-corrected chi connectivity index (χ4v) is 4.91. The van der Waals surface area contributed by atoms with Gasteiger partial charge in [-0.2, -0.15) is 4.31 Å². The molecule has 2 rings (SSSR count). The Morgan fingerprint density at radius 1 is 1.24 bits per heavy atom. The third-order valence-corrected chi connectivity index (χ3v) is 6.94. The van der Waals surface area contributed by atoms with E-state index in [2.05, 4.69) is 6.92 Å². The van der Waals surface area contributed by atoms with E-state index in [1.165, 1.54) is 0 Å². The van der Waals surface area contributed by atoms with Gasteiger partial charge in [-0.1, -0.05) is 19.4 Å². The maximum absolute atomic E-state index is 12.9. The lowest BCUT2D eigenvalue weighted by molar-refractivity contribution is 0.269. The van der Waals surface area contributed by atoms with E-state index in [0.717, 1.165) is 36.0 Å². The Morgan fingerprint density at radius 2 is 1.86 bits per heavy atom. The van der Waals surface area contributed by atoms with E-state index >= 15 is 0 Å². The van der Waals surface area contributed by atoms with Crippen molar-refractivity contribution in [2.24, 2.45) is 5.92 Å². The number of benzene rings is 1. The summed E-state index contributed by atoms with van der Waals surface area (Å²) < 4.78 is 27.5. The van der Waals surface area contributed by atoms with Gasteiger partial charge < -0.3 is 0 Å². The zero-order valence-electron chi connectivity index (χ0n) is 13.0. The molecule has 1 aliphatic heterocycles. The van der Waals surface area contributed by atoms with Crippen LogP contribution >= 0.6 is 11.6 Å². The number of hydrogen-bond acceptors (Lipinski definition) is 2. The summed E-state index contributed by atoms with van der Waals surface area (Å²) >= 11 is 5.89. The van der Waals surface area contributed by atoms with Crippen molar-refractivity contribution in [1.29, 1.82) is 0 Å². The van der Waals surface area contributed by atoms with Crippen molar-refractivity contribution in [3.8, 4) is 0 Å². The predicted octanol–water partition coefficient (Wildman–Crippen LogP) is 3.85. The molecule has 3 nitrogen and oxygen atoms in total. The third kappa shape index (κ3) is 3.43. The van der Waals surface area contributed by atoms with Crippen molar-refractivity contribution in [3.63, 3.8) is 0 Å². The van der Waals surface area contributed by atoms with Gasteiger partial charge in [0.2, 0.25) is 10.0 Å². The van der Waals surface area contributed by atoms with Gasteiger partial charge in [-0.3, -0.25) is 0 Å². The lowest BCUT2D eigenvalue weighted by atomic mass is 9.96. The number of halogens is 1. The molecule has 0 unspecified atom stereocenters. The van der Waals surface area contributed by atoms with Gasteiger partial charge in [0.25, 0.3) is 0 Å². The zero-order chi connectivity index (χ0) is 15.6. The average Bonchev–Trinajstić information content (AvgIpc) is 2.49. The normalized spacial score (nSPS) is 18.1. The van der Waals surface area contributed by atoms with Crippen LogP contribution in [0.3, 0.4) is 0 Å². The summed E-state index contributed by atoms with van der Waals surface area (Å²) in [4.78, 5) is 0.424. The van der Waals surface area contributed by atoms with Crippen LogP contribution in [0.1, 0.15) is 42.9 Å². The summed E-state index contributed by atoms with van der Waals surface area (Å²) in [5, 5.41) is 0. The van der Waals surface area contributed by atoms with E-state index in [4.69, 9.17) is 11.6 Å². The van der Waals surface area contributed by atoms with Gasteiger partial charge in [0.1, 0.15) is 0 Å². The standard InChI is InChI=1S/C16H24ClNO2S/c1-4-14-5-7-18(8-6-14)21(19,20)16-10-15(11-17)9-12(2)13(16)3/h9-10,14H,4-8,11H2,1-3H3. The Labute approximate surface area is 133 Å². The Bertz CT molecular complexity index is 605. The highest BCUT2D eigenvalue weighted by Gasteiger charge is 2.30. The summed E-state index contributed by atoms with van der Waals surface area (Å²) in [6.45, 7) is 7.24. The maximum atomic E-state index is 12.9. The third-order valence-electron chi connectivity index (χ3n) is 4.60. The number of hydrogen-bond donors (Lipinski definition) is 0. The maximum Gasteiger partial charge on any atom is 0.243 e. The van der Waals surface area contributed by atoms with Gasteiger partial charge in [-0.15, -0.1) is 11.6 Å². The molecule has 0 aromatic heterocycles. The monoisotopic (exact) mass is 329 g/mol. The Balaban J connectivity index is 2.34. The van der Waals surface area contributed by atoms with Crippen molar-refractivity contribution >= 4 is 21.6 Å². The molecule has 1 aromatic rings. The topological polar surface area (TPSA) is 37.4 Å². The molecule has 0 aliphatic carbocycles. The van der Waals surface area contributed by atoms with Crippen LogP contribution in [0.4, 0.5) is 0 Å². The smallest absolute Gasteiger partial charge is 0.207 e. The van der Waals surface area contributed by atoms with Gasteiger partial charge in [-0.25, -0.2) is 8.42 Å². The predicted molar refractivity (Wildman–Crippen MR) is 87.2 cm³/mol. The van der Waals surface area contributed by atoms with Crippen LogP contribution in [0.25, 0.3) is 0 Å². The number of rotatable bonds is 4. The highest BCUT2D eigenvalue weighted by Crippen LogP contribution is 2.29. The van der Waals surface area contributed by atoms with Gasteiger partial charge in [-0.05, 0) is 55.4 Å². The lowest BCUT2D eigenvalue weighted by Gasteiger charge is -2.31. The molecule has 1 fully saturated rings. The van der Waals surface area contributed by atoms with Crippen LogP contribution in [0.15, 0.2) is 17.0 Å². The summed E-state index contributed by atoms with van der Waals surface area (Å²) in [5.41, 5.74) is 2.68. The van der Waals surface area contributed by atoms with Crippen molar-refractivity contribution in [1.82, 2.24) is 4.31 Å². The molecular formula is C16H24ClNO2S. The van der Waals surface area contributed by atoms with Crippen LogP contribution in [0, 0.1) is 19.8 Å². The van der Waals surface area contributed by atoms with E-state index < -0.39 is 10.0 Å². The van der Waals surface area contributed by atoms with Gasteiger partial charge in [0.15, 0.2) is 0 Å². The fourth-order valence-electron chi connectivity index (χ4n) is 2.94. The molecule has 0 spiro atoms. The molecule has 0 N–H and O–H groups in total. The van der Waals surface area contributed by atoms with E-state index in [0.29, 0.717) is 29.8 Å². The molecule has 1 aromatic carbocycles. The summed E-state index contributed by atoms with van der Waals surface area (Å²) in [7, 11) is -3.40. The molecule has 0 bridgehead atoms. The first kappa shape index (κ1) is 16.8. The molecule has 1 saturated heterocycles. The largest absolute Gasteiger partial charge is 0.243 e. The molecule has 0 amide bonds. The molecular weight excluding hydrogens is 306 g/mol. The minimum Gasteiger partial charge on any atom is -0.207 e. The van der Waals surface area contributed by atoms with E-state index in [1.54, 1.807) is 10.4 Å². The lowest BCUT2D eigenvalue weighted by Crippen LogP contribution is -2.38. The van der Waals surface area contributed by atoms with Crippen molar-refractivity contribution in [2.75, 3.05) is 13.1 Å². The Hall–Kier alpha value is -0.580. The number of sulfonamides is 1. The molecule has 5 heteroatoms. The quantitative estimate of drug-likeness (QED) is 0.787. The molecule has 1 heterocycles. The average molecular weight is 330 g/mol. The number of piperidine rings is 1. The van der Waals surface area contributed by atoms with Crippen LogP contribution in [0.2, 0.25) is 0 Å². The summed E-state index contributed by atoms with van der Waals surface area (Å²) in [5.74, 6) is 0.995. The highest BCUT2D eigenvalue weighted by molar-refractivity contribution is 7.89. The van der Waals surface area contributed by atoms with Crippen LogP contribution in [-0.4, -0.2) is 25.8 Å². The Morgan fingerprint density at radius 3 is 2.38 bits per heavy atom. The highest BCUT2D eigenvalue weighted by atomic mass is 35.5. The molecule has 118 valence electrons. The van der Waals surface area contributed by atoms with Gasteiger partial charge in [0, 0.05) is 19.0 Å². The minimum absolute atomic E-state index is 0.335. The molecule has 21 heavy (non-hydrogen) atoms. The van der Waals surface area contributed by atoms with Crippen molar-refractivity contribution in [2.45, 2.75) is 50.8 Å². The minimum atomic E-state index is -3.40. The second-order valence-electron chi connectivity index (χ2n) is 5.93. The number of nitrogens with zero attached hydrogens (tertiary/aromatic N) is 1. The molecule has 0 saturated carbocycles. The van der Waals surface area contributed by atoms with Crippen LogP contribution < -0.4 is 0 Å². The van der Waals surface area contributed by atoms with E-state index in [1.807, 2.05) is 19.9 Å². The molecule has 0 radical (unpaired) electrons. The fraction of sp³-hybridized carbons (Fsp3) is 0.625. The second kappa shape index (κ2) is 6.67. The molecule has 0 atom stereocenters. The van der Waals surface area contributed by atoms with E-state index in [9.17, 15) is 8.42 Å². The second-order valence-corrected chi connectivity index (χ2v) is 8.10. The van der Waals surface area contributed by atoms with E-state index in [-0.39, 0.29) is 0 Å². The number of aryl methyl sites for hydroxylation is 1.